The Balaban J connectivity index is -0.000000136. The molecule has 0 saturated carbocycles. The summed E-state index contributed by atoms with van der Waals surface area (Å²) in [6, 6.07) is 0. The van der Waals surface area contributed by atoms with Gasteiger partial charge >= 0.3 is 19.5 Å². The van der Waals surface area contributed by atoms with Crippen LogP contribution in [0.1, 0.15) is 40.0 Å². The fraction of sp³-hybridized carbons (Fsp3) is 0.526. The van der Waals surface area contributed by atoms with Gasteiger partial charge in [-0.1, -0.05) is 0 Å². The molecule has 1 N–H and O–H groups in total. The van der Waals surface area contributed by atoms with Crippen LogP contribution in [0.2, 0.25) is 0 Å². The van der Waals surface area contributed by atoms with Gasteiger partial charge in [0.15, 0.2) is 0 Å². The first-order valence-electron chi connectivity index (χ1n) is 8.19. The number of hydrogen-bond donors (Lipinski definition) is 1. The van der Waals surface area contributed by atoms with Gasteiger partial charge < -0.3 is 25.4 Å². The maximum absolute atomic E-state index is 9.99. The van der Waals surface area contributed by atoms with Crippen molar-refractivity contribution in [3.05, 3.63) is 37.0 Å². The van der Waals surface area contributed by atoms with E-state index in [1.807, 2.05) is 0 Å². The van der Waals surface area contributed by atoms with E-state index < -0.39 is 0 Å². The van der Waals surface area contributed by atoms with Crippen molar-refractivity contribution >= 4 is 17.3 Å². The van der Waals surface area contributed by atoms with Gasteiger partial charge in [0.1, 0.15) is 17.3 Å². The summed E-state index contributed by atoms with van der Waals surface area (Å²) in [5, 5.41) is 32.9. The zero-order valence-electron chi connectivity index (χ0n) is 16.8. The molecule has 0 aromatic rings. The van der Waals surface area contributed by atoms with Crippen LogP contribution in [0.5, 0.6) is 0 Å². The normalized spacial score (nSPS) is 11.2. The SMILES string of the molecule is C1COCCN1.C=C([O-])CC(C)=O.C=C([O-])CC(C)=O.C=C([O-])CC(C)=O.[Ru+3]. The van der Waals surface area contributed by atoms with E-state index in [4.69, 9.17) is 4.74 Å². The second-order valence-electron chi connectivity index (χ2n) is 5.61. The van der Waals surface area contributed by atoms with E-state index in [0.717, 1.165) is 26.3 Å². The number of morpholine rings is 1. The maximum Gasteiger partial charge on any atom is 3.00 e. The van der Waals surface area contributed by atoms with E-state index in [1.54, 1.807) is 0 Å². The second kappa shape index (κ2) is 23.2. The summed E-state index contributed by atoms with van der Waals surface area (Å²) in [5.41, 5.74) is 0. The van der Waals surface area contributed by atoms with Crippen molar-refractivity contribution in [3.63, 3.8) is 0 Å². The Morgan fingerprint density at radius 3 is 1.04 bits per heavy atom. The molecule has 1 radical (unpaired) electrons. The standard InChI is InChI=1S/3C5H8O2.C4H9NO.Ru/c3*1-4(6)3-5(2)7;1-3-6-4-2-5-1;/h3*6H,1,3H2,2H3;5H,1-4H2;/q;;;;+3/p-3. The predicted molar refractivity (Wildman–Crippen MR) is 97.0 cm³/mol. The summed E-state index contributed by atoms with van der Waals surface area (Å²) in [6.45, 7) is 17.0. The van der Waals surface area contributed by atoms with E-state index in [1.165, 1.54) is 20.8 Å². The Labute approximate surface area is 180 Å². The minimum Gasteiger partial charge on any atom is -0.876 e. The number of ketones is 3. The van der Waals surface area contributed by atoms with E-state index in [-0.39, 0.29) is 73.4 Å². The zero-order chi connectivity index (χ0) is 21.8. The van der Waals surface area contributed by atoms with Crippen LogP contribution in [-0.2, 0) is 38.6 Å². The van der Waals surface area contributed by atoms with Crippen molar-refractivity contribution in [1.82, 2.24) is 5.32 Å². The molecule has 1 saturated heterocycles. The van der Waals surface area contributed by atoms with Gasteiger partial charge in [-0.2, -0.15) is 0 Å². The van der Waals surface area contributed by atoms with Crippen molar-refractivity contribution in [1.29, 1.82) is 0 Å². The molecule has 0 unspecified atom stereocenters. The van der Waals surface area contributed by atoms with Crippen molar-refractivity contribution in [2.24, 2.45) is 0 Å². The molecule has 1 fully saturated rings. The van der Waals surface area contributed by atoms with Crippen molar-refractivity contribution < 1.29 is 53.9 Å². The topological polar surface area (TPSA) is 142 Å². The minimum atomic E-state index is -0.312. The van der Waals surface area contributed by atoms with Gasteiger partial charge in [-0.25, -0.2) is 0 Å². The molecule has 28 heavy (non-hydrogen) atoms. The molecule has 1 heterocycles. The Hall–Kier alpha value is -1.83. The Kier molecular flexibility index (Phi) is 28.0. The first kappa shape index (κ1) is 33.7. The van der Waals surface area contributed by atoms with Gasteiger partial charge in [0.05, 0.1) is 13.2 Å². The molecule has 0 bridgehead atoms. The first-order valence-corrected chi connectivity index (χ1v) is 8.19. The van der Waals surface area contributed by atoms with Crippen LogP contribution >= 0.6 is 0 Å². The Bertz CT molecular complexity index is 391. The summed E-state index contributed by atoms with van der Waals surface area (Å²) >= 11 is 0. The predicted octanol–water partition coefficient (Wildman–Crippen LogP) is -0.878. The van der Waals surface area contributed by atoms with Gasteiger partial charge in [-0.3, -0.25) is 14.4 Å². The smallest absolute Gasteiger partial charge is 0.876 e. The van der Waals surface area contributed by atoms with E-state index in [0.29, 0.717) is 0 Å². The molecule has 8 nitrogen and oxygen atoms in total. The van der Waals surface area contributed by atoms with Crippen LogP contribution in [0, 0.1) is 0 Å². The molecular formula is C19H30NO7Ru. The molecule has 1 aliphatic rings. The molecule has 0 aliphatic carbocycles. The molecule has 0 aromatic carbocycles. The van der Waals surface area contributed by atoms with Crippen LogP contribution in [0.4, 0.5) is 0 Å². The molecule has 1 aliphatic heterocycles. The van der Waals surface area contributed by atoms with E-state index >= 15 is 0 Å². The van der Waals surface area contributed by atoms with Gasteiger partial charge in [-0.05, 0) is 20.8 Å². The monoisotopic (exact) mass is 486 g/mol. The number of hydrogen-bond acceptors (Lipinski definition) is 8. The molecule has 161 valence electrons. The van der Waals surface area contributed by atoms with Crippen molar-refractivity contribution in [3.8, 4) is 0 Å². The summed E-state index contributed by atoms with van der Waals surface area (Å²) in [5.74, 6) is -1.31. The van der Waals surface area contributed by atoms with Gasteiger partial charge in [0.25, 0.3) is 0 Å². The first-order chi connectivity index (χ1) is 12.4. The molecule has 0 atom stereocenters. The molecular weight excluding hydrogens is 455 g/mol. The number of Topliss-reactive ketones (excluding diaryl/α,β-unsaturated/α-hetero) is 3. The maximum atomic E-state index is 9.99. The average molecular weight is 486 g/mol. The van der Waals surface area contributed by atoms with Crippen LogP contribution in [-0.4, -0.2) is 43.7 Å². The summed E-state index contributed by atoms with van der Waals surface area (Å²) in [4.78, 5) is 30.0. The second-order valence-corrected chi connectivity index (χ2v) is 5.61. The summed E-state index contributed by atoms with van der Waals surface area (Å²) < 4.78 is 5.01. The summed E-state index contributed by atoms with van der Waals surface area (Å²) in [6.07, 6.45) is -0.0833. The quantitative estimate of drug-likeness (QED) is 0.378. The van der Waals surface area contributed by atoms with Crippen LogP contribution < -0.4 is 20.6 Å². The van der Waals surface area contributed by atoms with Gasteiger partial charge in [0.2, 0.25) is 0 Å². The van der Waals surface area contributed by atoms with Crippen molar-refractivity contribution in [2.75, 3.05) is 26.3 Å². The molecule has 0 amide bonds. The Morgan fingerprint density at radius 2 is 1.00 bits per heavy atom. The molecule has 9 heteroatoms. The van der Waals surface area contributed by atoms with Gasteiger partial charge in [0, 0.05) is 32.4 Å². The van der Waals surface area contributed by atoms with E-state index in [9.17, 15) is 29.7 Å². The minimum absolute atomic E-state index is 0. The Morgan fingerprint density at radius 1 is 0.750 bits per heavy atom. The van der Waals surface area contributed by atoms with E-state index in [2.05, 4.69) is 25.1 Å². The molecule has 0 spiro atoms. The fourth-order valence-electron chi connectivity index (χ4n) is 1.35. The number of allylic oxidation sites excluding steroid dienone is 3. The zero-order valence-corrected chi connectivity index (χ0v) is 18.5. The fourth-order valence-corrected chi connectivity index (χ4v) is 1.35. The molecule has 0 aromatic heterocycles. The van der Waals surface area contributed by atoms with Crippen LogP contribution in [0.25, 0.3) is 0 Å². The number of carbonyl (C=O) groups excluding carboxylic acids is 3. The van der Waals surface area contributed by atoms with Gasteiger partial charge in [-0.15, -0.1) is 37.0 Å². The number of nitrogens with one attached hydrogen (secondary N) is 1. The number of ether oxygens (including phenoxy) is 1. The third-order valence-electron chi connectivity index (χ3n) is 2.18. The largest absolute Gasteiger partial charge is 3.00 e. The van der Waals surface area contributed by atoms with Crippen LogP contribution in [0.15, 0.2) is 37.0 Å². The van der Waals surface area contributed by atoms with Crippen LogP contribution in [0.3, 0.4) is 0 Å². The third kappa shape index (κ3) is 49.6. The van der Waals surface area contributed by atoms with Crippen molar-refractivity contribution in [2.45, 2.75) is 40.0 Å². The molecule has 1 rings (SSSR count). The number of rotatable bonds is 6. The number of carbonyl (C=O) groups is 3. The third-order valence-corrected chi connectivity index (χ3v) is 2.18. The summed E-state index contributed by atoms with van der Waals surface area (Å²) in [7, 11) is 0. The average Bonchev–Trinajstić information content (AvgIpc) is 2.46.